The number of hydrogen-bond acceptors (Lipinski definition) is 5. The summed E-state index contributed by atoms with van der Waals surface area (Å²) in [5.74, 6) is 0.126. The summed E-state index contributed by atoms with van der Waals surface area (Å²) >= 11 is 0. The normalized spacial score (nSPS) is 19.4. The van der Waals surface area contributed by atoms with Crippen LogP contribution < -0.4 is 9.64 Å². The first-order valence-corrected chi connectivity index (χ1v) is 9.25. The van der Waals surface area contributed by atoms with Gasteiger partial charge < -0.3 is 9.47 Å². The van der Waals surface area contributed by atoms with E-state index in [1.807, 2.05) is 6.92 Å². The molecule has 2 aromatic rings. The third kappa shape index (κ3) is 3.02. The number of methoxy groups -OCH3 is 1. The molecule has 1 atom stereocenters. The predicted molar refractivity (Wildman–Crippen MR) is 97.3 cm³/mol. The standard InChI is InChI=1S/C19H23FN4O3/c1-11-7-8-13-17(24(11)19(25)26-3)15(20)9-14(16-10-23(2)22-21-16)18(13)27-12-5-4-6-12/h9-12H,4-8H2,1-3H3/t11-/m0/s1. The van der Waals surface area contributed by atoms with Crippen LogP contribution in [-0.2, 0) is 18.2 Å². The first-order valence-electron chi connectivity index (χ1n) is 9.25. The molecular weight excluding hydrogens is 351 g/mol. The molecule has 4 rings (SSSR count). The number of nitrogens with zero attached hydrogens (tertiary/aromatic N) is 4. The lowest BCUT2D eigenvalue weighted by molar-refractivity contribution is 0.119. The SMILES string of the molecule is COC(=O)N1c2c(F)cc(-c3cn(C)nn3)c(OC3CCC3)c2CC[C@@H]1C. The molecule has 0 N–H and O–H groups in total. The fraction of sp³-hybridized carbons (Fsp3) is 0.526. The van der Waals surface area contributed by atoms with Crippen molar-refractivity contribution in [1.82, 2.24) is 15.0 Å². The van der Waals surface area contributed by atoms with E-state index in [2.05, 4.69) is 10.3 Å². The number of benzene rings is 1. The van der Waals surface area contributed by atoms with Crippen molar-refractivity contribution in [2.24, 2.45) is 7.05 Å². The average molecular weight is 374 g/mol. The summed E-state index contributed by atoms with van der Waals surface area (Å²) in [5.41, 5.74) is 2.08. The number of rotatable bonds is 3. The van der Waals surface area contributed by atoms with Crippen LogP contribution in [0.2, 0.25) is 0 Å². The van der Waals surface area contributed by atoms with Crippen LogP contribution in [0.4, 0.5) is 14.9 Å². The van der Waals surface area contributed by atoms with Crippen molar-refractivity contribution in [3.8, 4) is 17.0 Å². The molecule has 1 aromatic carbocycles. The zero-order valence-corrected chi connectivity index (χ0v) is 15.7. The van der Waals surface area contributed by atoms with Crippen LogP contribution in [0.3, 0.4) is 0 Å². The molecule has 1 aliphatic heterocycles. The van der Waals surface area contributed by atoms with Crippen LogP contribution in [0, 0.1) is 5.82 Å². The molecule has 144 valence electrons. The summed E-state index contributed by atoms with van der Waals surface area (Å²) in [6.07, 6.45) is 5.68. The fourth-order valence-corrected chi connectivity index (χ4v) is 3.69. The van der Waals surface area contributed by atoms with E-state index < -0.39 is 11.9 Å². The zero-order chi connectivity index (χ0) is 19.1. The molecule has 2 aliphatic rings. The van der Waals surface area contributed by atoms with Gasteiger partial charge in [-0.25, -0.2) is 9.18 Å². The number of halogens is 1. The minimum absolute atomic E-state index is 0.112. The van der Waals surface area contributed by atoms with Gasteiger partial charge in [-0.3, -0.25) is 9.58 Å². The van der Waals surface area contributed by atoms with Gasteiger partial charge in [-0.1, -0.05) is 5.21 Å². The number of aromatic nitrogens is 3. The largest absolute Gasteiger partial charge is 0.489 e. The van der Waals surface area contributed by atoms with Crippen LogP contribution in [0.15, 0.2) is 12.3 Å². The smallest absolute Gasteiger partial charge is 0.414 e. The topological polar surface area (TPSA) is 69.5 Å². The highest BCUT2D eigenvalue weighted by molar-refractivity contribution is 5.92. The Morgan fingerprint density at radius 2 is 2.11 bits per heavy atom. The number of carbonyl (C=O) groups excluding carboxylic acids is 1. The molecule has 7 nitrogen and oxygen atoms in total. The lowest BCUT2D eigenvalue weighted by atomic mass is 9.91. The predicted octanol–water partition coefficient (Wildman–Crippen LogP) is 3.46. The third-order valence-electron chi connectivity index (χ3n) is 5.38. The van der Waals surface area contributed by atoms with Crippen LogP contribution in [-0.4, -0.2) is 40.3 Å². The first kappa shape index (κ1) is 17.8. The summed E-state index contributed by atoms with van der Waals surface area (Å²) in [6.45, 7) is 1.89. The maximum atomic E-state index is 15.2. The van der Waals surface area contributed by atoms with Gasteiger partial charge in [-0.05, 0) is 45.1 Å². The van der Waals surface area contributed by atoms with Gasteiger partial charge in [0.05, 0.1) is 25.1 Å². The Morgan fingerprint density at radius 1 is 1.33 bits per heavy atom. The second-order valence-electron chi connectivity index (χ2n) is 7.24. The van der Waals surface area contributed by atoms with Gasteiger partial charge in [0, 0.05) is 24.2 Å². The monoisotopic (exact) mass is 374 g/mol. The summed E-state index contributed by atoms with van der Waals surface area (Å²) in [4.78, 5) is 13.7. The number of ether oxygens (including phenoxy) is 2. The summed E-state index contributed by atoms with van der Waals surface area (Å²) in [6, 6.07) is 1.24. The lowest BCUT2D eigenvalue weighted by Crippen LogP contribution is -2.43. The summed E-state index contributed by atoms with van der Waals surface area (Å²) in [5, 5.41) is 8.10. The van der Waals surface area contributed by atoms with Crippen molar-refractivity contribution in [3.05, 3.63) is 23.6 Å². The Labute approximate surface area is 157 Å². The Hall–Kier alpha value is -2.64. The van der Waals surface area contributed by atoms with Crippen molar-refractivity contribution in [2.75, 3.05) is 12.0 Å². The number of aryl methyl sites for hydroxylation is 1. The van der Waals surface area contributed by atoms with Crippen LogP contribution in [0.5, 0.6) is 5.75 Å². The minimum Gasteiger partial charge on any atom is -0.489 e. The molecule has 1 fully saturated rings. The van der Waals surface area contributed by atoms with E-state index in [9.17, 15) is 4.79 Å². The maximum Gasteiger partial charge on any atom is 0.414 e. The van der Waals surface area contributed by atoms with Gasteiger partial charge >= 0.3 is 6.09 Å². The van der Waals surface area contributed by atoms with Gasteiger partial charge in [0.1, 0.15) is 17.3 Å². The van der Waals surface area contributed by atoms with Crippen LogP contribution in [0.1, 0.15) is 38.2 Å². The van der Waals surface area contributed by atoms with E-state index in [0.29, 0.717) is 35.4 Å². The average Bonchev–Trinajstić information content (AvgIpc) is 3.04. The van der Waals surface area contributed by atoms with Crippen molar-refractivity contribution in [2.45, 2.75) is 51.2 Å². The quantitative estimate of drug-likeness (QED) is 0.823. The van der Waals surface area contributed by atoms with Gasteiger partial charge in [-0.2, -0.15) is 0 Å². The molecule has 1 aliphatic carbocycles. The molecule has 1 saturated carbocycles. The number of carbonyl (C=O) groups is 1. The van der Waals surface area contributed by atoms with E-state index in [-0.39, 0.29) is 17.8 Å². The molecule has 0 unspecified atom stereocenters. The van der Waals surface area contributed by atoms with E-state index in [0.717, 1.165) is 19.3 Å². The minimum atomic E-state index is -0.566. The van der Waals surface area contributed by atoms with Crippen molar-refractivity contribution in [1.29, 1.82) is 0 Å². The third-order valence-corrected chi connectivity index (χ3v) is 5.38. The Morgan fingerprint density at radius 3 is 2.70 bits per heavy atom. The second kappa shape index (κ2) is 6.83. The molecule has 2 heterocycles. The highest BCUT2D eigenvalue weighted by atomic mass is 19.1. The van der Waals surface area contributed by atoms with Gasteiger partial charge in [0.25, 0.3) is 0 Å². The van der Waals surface area contributed by atoms with Crippen molar-refractivity contribution < 1.29 is 18.7 Å². The van der Waals surface area contributed by atoms with Gasteiger partial charge in [0.2, 0.25) is 0 Å². The molecule has 0 saturated heterocycles. The van der Waals surface area contributed by atoms with E-state index in [4.69, 9.17) is 9.47 Å². The number of anilines is 1. The summed E-state index contributed by atoms with van der Waals surface area (Å²) < 4.78 is 27.9. The van der Waals surface area contributed by atoms with Crippen molar-refractivity contribution >= 4 is 11.8 Å². The number of fused-ring (bicyclic) bond motifs is 1. The molecule has 0 radical (unpaired) electrons. The Bertz CT molecular complexity index is 878. The maximum absolute atomic E-state index is 15.2. The molecular formula is C19H23FN4O3. The molecule has 27 heavy (non-hydrogen) atoms. The van der Waals surface area contributed by atoms with Gasteiger partial charge in [0.15, 0.2) is 0 Å². The number of amides is 1. The molecule has 0 bridgehead atoms. The van der Waals surface area contributed by atoms with E-state index in [1.54, 1.807) is 17.9 Å². The molecule has 8 heteroatoms. The molecule has 0 spiro atoms. The highest BCUT2D eigenvalue weighted by Gasteiger charge is 2.36. The zero-order valence-electron chi connectivity index (χ0n) is 15.7. The molecule has 1 amide bonds. The lowest BCUT2D eigenvalue weighted by Gasteiger charge is -2.37. The second-order valence-corrected chi connectivity index (χ2v) is 7.24. The Balaban J connectivity index is 1.89. The Kier molecular flexibility index (Phi) is 4.49. The van der Waals surface area contributed by atoms with Crippen LogP contribution >= 0.6 is 0 Å². The van der Waals surface area contributed by atoms with Gasteiger partial charge in [-0.15, -0.1) is 5.10 Å². The van der Waals surface area contributed by atoms with E-state index >= 15 is 4.39 Å². The van der Waals surface area contributed by atoms with Crippen molar-refractivity contribution in [3.63, 3.8) is 0 Å². The number of hydrogen-bond donors (Lipinski definition) is 0. The summed E-state index contributed by atoms with van der Waals surface area (Å²) in [7, 11) is 3.07. The van der Waals surface area contributed by atoms with E-state index in [1.165, 1.54) is 18.1 Å². The van der Waals surface area contributed by atoms with Crippen LogP contribution in [0.25, 0.3) is 11.3 Å². The molecule has 1 aromatic heterocycles. The first-order chi connectivity index (χ1) is 13.0. The fourth-order valence-electron chi connectivity index (χ4n) is 3.69. The highest BCUT2D eigenvalue weighted by Crippen LogP contribution is 2.45.